The SMILES string of the molecule is NCCN(C(=O)c1ccccc1Cl)c1ccccc1. The topological polar surface area (TPSA) is 46.3 Å². The molecule has 0 heterocycles. The van der Waals surface area contributed by atoms with Gasteiger partial charge in [0, 0.05) is 18.8 Å². The Balaban J connectivity index is 2.35. The number of halogens is 1. The summed E-state index contributed by atoms with van der Waals surface area (Å²) in [5.41, 5.74) is 6.90. The number of hydrogen-bond donors (Lipinski definition) is 1. The molecular formula is C15H15ClN2O. The molecular weight excluding hydrogens is 260 g/mol. The van der Waals surface area contributed by atoms with Crippen molar-refractivity contribution in [3.8, 4) is 0 Å². The number of carbonyl (C=O) groups is 1. The van der Waals surface area contributed by atoms with E-state index in [4.69, 9.17) is 17.3 Å². The molecule has 2 aromatic rings. The lowest BCUT2D eigenvalue weighted by Crippen LogP contribution is -2.35. The van der Waals surface area contributed by atoms with Crippen LogP contribution in [0.4, 0.5) is 5.69 Å². The predicted octanol–water partition coefficient (Wildman–Crippen LogP) is 2.95. The summed E-state index contributed by atoms with van der Waals surface area (Å²) in [6, 6.07) is 16.5. The van der Waals surface area contributed by atoms with E-state index in [9.17, 15) is 4.79 Å². The van der Waals surface area contributed by atoms with Gasteiger partial charge in [0.15, 0.2) is 0 Å². The van der Waals surface area contributed by atoms with Gasteiger partial charge in [0.25, 0.3) is 5.91 Å². The lowest BCUT2D eigenvalue weighted by Gasteiger charge is -2.22. The summed E-state index contributed by atoms with van der Waals surface area (Å²) >= 11 is 6.07. The first kappa shape index (κ1) is 13.6. The summed E-state index contributed by atoms with van der Waals surface area (Å²) < 4.78 is 0. The average molecular weight is 275 g/mol. The van der Waals surface area contributed by atoms with E-state index >= 15 is 0 Å². The highest BCUT2D eigenvalue weighted by Crippen LogP contribution is 2.21. The first-order chi connectivity index (χ1) is 9.24. The van der Waals surface area contributed by atoms with Crippen LogP contribution >= 0.6 is 11.6 Å². The second-order valence-corrected chi connectivity index (χ2v) is 4.47. The molecule has 4 heteroatoms. The van der Waals surface area contributed by atoms with Crippen molar-refractivity contribution < 1.29 is 4.79 Å². The van der Waals surface area contributed by atoms with Crippen LogP contribution in [0.25, 0.3) is 0 Å². The van der Waals surface area contributed by atoms with Crippen molar-refractivity contribution in [3.63, 3.8) is 0 Å². The fraction of sp³-hybridized carbons (Fsp3) is 0.133. The Hall–Kier alpha value is -1.84. The molecule has 2 N–H and O–H groups in total. The van der Waals surface area contributed by atoms with Crippen molar-refractivity contribution in [1.82, 2.24) is 0 Å². The molecule has 0 saturated heterocycles. The Morgan fingerprint density at radius 2 is 1.68 bits per heavy atom. The maximum absolute atomic E-state index is 12.5. The van der Waals surface area contributed by atoms with Crippen molar-refractivity contribution in [2.24, 2.45) is 5.73 Å². The number of amides is 1. The molecule has 0 fully saturated rings. The molecule has 0 radical (unpaired) electrons. The van der Waals surface area contributed by atoms with Gasteiger partial charge in [0.05, 0.1) is 10.6 Å². The molecule has 19 heavy (non-hydrogen) atoms. The number of hydrogen-bond acceptors (Lipinski definition) is 2. The number of rotatable bonds is 4. The molecule has 0 bridgehead atoms. The van der Waals surface area contributed by atoms with Gasteiger partial charge >= 0.3 is 0 Å². The second-order valence-electron chi connectivity index (χ2n) is 4.06. The fourth-order valence-corrected chi connectivity index (χ4v) is 2.08. The van der Waals surface area contributed by atoms with E-state index in [-0.39, 0.29) is 5.91 Å². The molecule has 1 amide bonds. The number of anilines is 1. The van der Waals surface area contributed by atoms with E-state index in [1.807, 2.05) is 30.3 Å². The van der Waals surface area contributed by atoms with Crippen LogP contribution < -0.4 is 10.6 Å². The number of benzene rings is 2. The summed E-state index contributed by atoms with van der Waals surface area (Å²) in [7, 11) is 0. The third kappa shape index (κ3) is 3.13. The van der Waals surface area contributed by atoms with Crippen LogP contribution in [-0.4, -0.2) is 19.0 Å². The summed E-state index contributed by atoms with van der Waals surface area (Å²) in [6.45, 7) is 0.846. The van der Waals surface area contributed by atoms with Crippen LogP contribution in [0.15, 0.2) is 54.6 Å². The van der Waals surface area contributed by atoms with Gasteiger partial charge in [-0.25, -0.2) is 0 Å². The summed E-state index contributed by atoms with van der Waals surface area (Å²) in [5, 5.41) is 0.449. The van der Waals surface area contributed by atoms with Crippen molar-refractivity contribution >= 4 is 23.2 Å². The van der Waals surface area contributed by atoms with Crippen LogP contribution in [0.1, 0.15) is 10.4 Å². The van der Waals surface area contributed by atoms with Crippen molar-refractivity contribution in [1.29, 1.82) is 0 Å². The molecule has 0 unspecified atom stereocenters. The molecule has 2 rings (SSSR count). The van der Waals surface area contributed by atoms with Crippen LogP contribution in [0, 0.1) is 0 Å². The highest BCUT2D eigenvalue weighted by Gasteiger charge is 2.18. The van der Waals surface area contributed by atoms with Crippen LogP contribution in [-0.2, 0) is 0 Å². The van der Waals surface area contributed by atoms with Crippen LogP contribution in [0.3, 0.4) is 0 Å². The van der Waals surface area contributed by atoms with Crippen molar-refractivity contribution in [2.75, 3.05) is 18.0 Å². The average Bonchev–Trinajstić information content (AvgIpc) is 2.45. The van der Waals surface area contributed by atoms with Gasteiger partial charge in [0.2, 0.25) is 0 Å². The van der Waals surface area contributed by atoms with Crippen molar-refractivity contribution in [2.45, 2.75) is 0 Å². The van der Waals surface area contributed by atoms with E-state index in [0.29, 0.717) is 23.7 Å². The first-order valence-electron chi connectivity index (χ1n) is 6.05. The molecule has 0 aliphatic heterocycles. The second kappa shape index (κ2) is 6.36. The zero-order valence-electron chi connectivity index (χ0n) is 10.4. The van der Waals surface area contributed by atoms with E-state index in [2.05, 4.69) is 0 Å². The van der Waals surface area contributed by atoms with Gasteiger partial charge in [-0.15, -0.1) is 0 Å². The molecule has 0 aromatic heterocycles. The van der Waals surface area contributed by atoms with Crippen LogP contribution in [0.2, 0.25) is 5.02 Å². The van der Waals surface area contributed by atoms with E-state index in [1.165, 1.54) is 0 Å². The molecule has 0 spiro atoms. The Kier molecular flexibility index (Phi) is 4.55. The molecule has 0 atom stereocenters. The van der Waals surface area contributed by atoms with E-state index in [1.54, 1.807) is 29.2 Å². The van der Waals surface area contributed by atoms with Crippen molar-refractivity contribution in [3.05, 3.63) is 65.2 Å². The predicted molar refractivity (Wildman–Crippen MR) is 78.6 cm³/mol. The quantitative estimate of drug-likeness (QED) is 0.932. The number of carbonyl (C=O) groups excluding carboxylic acids is 1. The van der Waals surface area contributed by atoms with E-state index in [0.717, 1.165) is 5.69 Å². The minimum absolute atomic E-state index is 0.137. The largest absolute Gasteiger partial charge is 0.329 e. The zero-order valence-corrected chi connectivity index (χ0v) is 11.2. The Morgan fingerprint density at radius 1 is 1.05 bits per heavy atom. The van der Waals surface area contributed by atoms with Gasteiger partial charge in [-0.3, -0.25) is 4.79 Å². The number of para-hydroxylation sites is 1. The maximum Gasteiger partial charge on any atom is 0.259 e. The highest BCUT2D eigenvalue weighted by molar-refractivity contribution is 6.34. The Labute approximate surface area is 117 Å². The van der Waals surface area contributed by atoms with Gasteiger partial charge in [0.1, 0.15) is 0 Å². The molecule has 0 aliphatic rings. The Bertz CT molecular complexity index is 557. The minimum atomic E-state index is -0.137. The third-order valence-electron chi connectivity index (χ3n) is 2.77. The summed E-state index contributed by atoms with van der Waals surface area (Å²) in [4.78, 5) is 14.2. The standard InChI is InChI=1S/C15H15ClN2O/c16-14-9-5-4-8-13(14)15(19)18(11-10-17)12-6-2-1-3-7-12/h1-9H,10-11,17H2. The molecule has 0 aliphatic carbocycles. The van der Waals surface area contributed by atoms with E-state index < -0.39 is 0 Å². The fourth-order valence-electron chi connectivity index (χ4n) is 1.86. The highest BCUT2D eigenvalue weighted by atomic mass is 35.5. The van der Waals surface area contributed by atoms with Gasteiger partial charge < -0.3 is 10.6 Å². The smallest absolute Gasteiger partial charge is 0.259 e. The first-order valence-corrected chi connectivity index (χ1v) is 6.43. The Morgan fingerprint density at radius 3 is 2.32 bits per heavy atom. The van der Waals surface area contributed by atoms with Crippen LogP contribution in [0.5, 0.6) is 0 Å². The van der Waals surface area contributed by atoms with Gasteiger partial charge in [-0.05, 0) is 24.3 Å². The van der Waals surface area contributed by atoms with Gasteiger partial charge in [-0.1, -0.05) is 41.9 Å². The lowest BCUT2D eigenvalue weighted by molar-refractivity contribution is 0.0988. The molecule has 0 saturated carbocycles. The summed E-state index contributed by atoms with van der Waals surface area (Å²) in [5.74, 6) is -0.137. The van der Waals surface area contributed by atoms with Gasteiger partial charge in [-0.2, -0.15) is 0 Å². The minimum Gasteiger partial charge on any atom is -0.329 e. The monoisotopic (exact) mass is 274 g/mol. The molecule has 3 nitrogen and oxygen atoms in total. The number of nitrogens with two attached hydrogens (primary N) is 1. The normalized spacial score (nSPS) is 10.2. The maximum atomic E-state index is 12.5. The zero-order chi connectivity index (χ0) is 13.7. The third-order valence-corrected chi connectivity index (χ3v) is 3.10. The summed E-state index contributed by atoms with van der Waals surface area (Å²) in [6.07, 6.45) is 0. The number of nitrogens with zero attached hydrogens (tertiary/aromatic N) is 1. The lowest BCUT2D eigenvalue weighted by atomic mass is 10.1. The molecule has 2 aromatic carbocycles. The molecule has 98 valence electrons.